The molecule has 0 radical (unpaired) electrons. The van der Waals surface area contributed by atoms with Crippen molar-refractivity contribution in [3.8, 4) is 0 Å². The molecular weight excluding hydrogens is 231 g/mol. The highest BCUT2D eigenvalue weighted by molar-refractivity contribution is 9.10. The summed E-state index contributed by atoms with van der Waals surface area (Å²) >= 11 is 3.07. The van der Waals surface area contributed by atoms with Gasteiger partial charge in [0, 0.05) is 0 Å². The van der Waals surface area contributed by atoms with Crippen LogP contribution in [0, 0.1) is 12.7 Å². The number of benzene rings is 1. The van der Waals surface area contributed by atoms with E-state index in [-0.39, 0.29) is 5.82 Å². The molecule has 0 aromatic heterocycles. The van der Waals surface area contributed by atoms with Gasteiger partial charge in [0.1, 0.15) is 5.82 Å². The highest BCUT2D eigenvalue weighted by Crippen LogP contribution is 2.16. The molecule has 1 aromatic carbocycles. The highest BCUT2D eigenvalue weighted by Gasteiger charge is 1.98. The molecule has 1 aromatic rings. The quantitative estimate of drug-likeness (QED) is 0.610. The van der Waals surface area contributed by atoms with Gasteiger partial charge in [0.25, 0.3) is 0 Å². The second kappa shape index (κ2) is 9.72. The van der Waals surface area contributed by atoms with Gasteiger partial charge < -0.3 is 0 Å². The van der Waals surface area contributed by atoms with E-state index >= 15 is 0 Å². The van der Waals surface area contributed by atoms with Gasteiger partial charge in [-0.2, -0.15) is 0 Å². The minimum Gasteiger partial charge on any atom is -0.205 e. The molecule has 1 rings (SSSR count). The molecule has 0 spiro atoms. The molecule has 0 saturated heterocycles. The summed E-state index contributed by atoms with van der Waals surface area (Å²) in [4.78, 5) is 0. The molecule has 0 atom stereocenters. The van der Waals surface area contributed by atoms with Crippen LogP contribution in [0.4, 0.5) is 4.39 Å². The van der Waals surface area contributed by atoms with Gasteiger partial charge >= 0.3 is 0 Å². The first-order valence-corrected chi connectivity index (χ1v) is 5.41. The van der Waals surface area contributed by atoms with Crippen molar-refractivity contribution in [2.75, 3.05) is 0 Å². The van der Waals surface area contributed by atoms with Crippen LogP contribution in [0.3, 0.4) is 0 Å². The molecule has 13 heavy (non-hydrogen) atoms. The monoisotopic (exact) mass is 248 g/mol. The molecule has 0 aliphatic carbocycles. The average molecular weight is 249 g/mol. The van der Waals surface area contributed by atoms with Crippen LogP contribution in [-0.2, 0) is 0 Å². The van der Waals surface area contributed by atoms with Gasteiger partial charge in [0.15, 0.2) is 0 Å². The number of hydrogen-bond acceptors (Lipinski definition) is 0. The second-order valence-electron chi connectivity index (χ2n) is 1.87. The van der Waals surface area contributed by atoms with Crippen molar-refractivity contribution in [2.45, 2.75) is 34.6 Å². The van der Waals surface area contributed by atoms with E-state index in [0.717, 1.165) is 0 Å². The lowest BCUT2D eigenvalue weighted by Crippen LogP contribution is -1.80. The van der Waals surface area contributed by atoms with Gasteiger partial charge in [0.05, 0.1) is 4.47 Å². The smallest absolute Gasteiger partial charge is 0.140 e. The lowest BCUT2D eigenvalue weighted by molar-refractivity contribution is 0.612. The van der Waals surface area contributed by atoms with Gasteiger partial charge in [-0.05, 0) is 34.5 Å². The summed E-state index contributed by atoms with van der Waals surface area (Å²) in [5.41, 5.74) is 0.671. The molecule has 76 valence electrons. The molecule has 0 N–H and O–H groups in total. The molecule has 0 bridgehead atoms. The van der Waals surface area contributed by atoms with Crippen molar-refractivity contribution in [2.24, 2.45) is 0 Å². The van der Waals surface area contributed by atoms with Crippen LogP contribution >= 0.6 is 15.9 Å². The molecular formula is C11H18BrF. The molecule has 0 aliphatic rings. The normalized spacial score (nSPS) is 7.62. The van der Waals surface area contributed by atoms with E-state index in [4.69, 9.17) is 0 Å². The fourth-order valence-electron chi connectivity index (χ4n) is 0.612. The third-order valence-corrected chi connectivity index (χ3v) is 1.76. The maximum Gasteiger partial charge on any atom is 0.140 e. The summed E-state index contributed by atoms with van der Waals surface area (Å²) < 4.78 is 13.2. The van der Waals surface area contributed by atoms with E-state index in [1.54, 1.807) is 19.1 Å². The van der Waals surface area contributed by atoms with Crippen molar-refractivity contribution in [1.82, 2.24) is 0 Å². The van der Waals surface area contributed by atoms with Crippen molar-refractivity contribution < 1.29 is 4.39 Å². The van der Waals surface area contributed by atoms with Crippen LogP contribution in [0.25, 0.3) is 0 Å². The summed E-state index contributed by atoms with van der Waals surface area (Å²) in [6, 6.07) is 5.23. The molecule has 0 unspecified atom stereocenters. The second-order valence-corrected chi connectivity index (χ2v) is 2.73. The predicted octanol–water partition coefficient (Wildman–Crippen LogP) is 4.95. The Morgan fingerprint density at radius 3 is 1.85 bits per heavy atom. The number of aryl methyl sites for hydroxylation is 1. The van der Waals surface area contributed by atoms with E-state index < -0.39 is 0 Å². The first-order valence-electron chi connectivity index (χ1n) is 4.62. The lowest BCUT2D eigenvalue weighted by atomic mass is 10.2. The van der Waals surface area contributed by atoms with E-state index in [9.17, 15) is 4.39 Å². The first kappa shape index (κ1) is 15.1. The summed E-state index contributed by atoms with van der Waals surface area (Å²) in [6.07, 6.45) is 0. The number of hydrogen-bond donors (Lipinski definition) is 0. The van der Waals surface area contributed by atoms with E-state index in [0.29, 0.717) is 10.0 Å². The van der Waals surface area contributed by atoms with E-state index in [1.165, 1.54) is 0 Å². The van der Waals surface area contributed by atoms with Crippen LogP contribution in [0.15, 0.2) is 22.7 Å². The maximum absolute atomic E-state index is 12.7. The van der Waals surface area contributed by atoms with Crippen LogP contribution in [0.1, 0.15) is 33.3 Å². The van der Waals surface area contributed by atoms with Crippen molar-refractivity contribution in [1.29, 1.82) is 0 Å². The Labute approximate surface area is 89.3 Å². The minimum atomic E-state index is -0.169. The van der Waals surface area contributed by atoms with Crippen LogP contribution in [-0.4, -0.2) is 0 Å². The van der Waals surface area contributed by atoms with Gasteiger partial charge in [0.2, 0.25) is 0 Å². The highest BCUT2D eigenvalue weighted by atomic mass is 79.9. The topological polar surface area (TPSA) is 0 Å². The first-order chi connectivity index (χ1) is 6.22. The SMILES string of the molecule is CC.CC.Cc1cccc(Br)c1F. The minimum absolute atomic E-state index is 0.169. The zero-order valence-electron chi connectivity index (χ0n) is 8.99. The molecule has 0 nitrogen and oxygen atoms in total. The fraction of sp³-hybridized carbons (Fsp3) is 0.455. The Bertz CT molecular complexity index is 201. The van der Waals surface area contributed by atoms with Gasteiger partial charge in [-0.15, -0.1) is 0 Å². The molecule has 2 heteroatoms. The van der Waals surface area contributed by atoms with Crippen LogP contribution in [0.5, 0.6) is 0 Å². The summed E-state index contributed by atoms with van der Waals surface area (Å²) in [7, 11) is 0. The Morgan fingerprint density at radius 1 is 1.08 bits per heavy atom. The fourth-order valence-corrected chi connectivity index (χ4v) is 1.08. The standard InChI is InChI=1S/C7H6BrF.2C2H6/c1-5-3-2-4-6(8)7(5)9;2*1-2/h2-4H,1H3;2*1-2H3. The van der Waals surface area contributed by atoms with E-state index in [2.05, 4.69) is 15.9 Å². The van der Waals surface area contributed by atoms with Crippen molar-refractivity contribution in [3.63, 3.8) is 0 Å². The van der Waals surface area contributed by atoms with Crippen molar-refractivity contribution >= 4 is 15.9 Å². The van der Waals surface area contributed by atoms with Crippen LogP contribution < -0.4 is 0 Å². The van der Waals surface area contributed by atoms with Gasteiger partial charge in [-0.3, -0.25) is 0 Å². The van der Waals surface area contributed by atoms with Crippen LogP contribution in [0.2, 0.25) is 0 Å². The summed E-state index contributed by atoms with van der Waals surface area (Å²) in [5.74, 6) is -0.169. The zero-order valence-corrected chi connectivity index (χ0v) is 10.6. The van der Waals surface area contributed by atoms with E-state index in [1.807, 2.05) is 33.8 Å². The molecule has 0 amide bonds. The molecule has 0 heterocycles. The van der Waals surface area contributed by atoms with Gasteiger partial charge in [-0.25, -0.2) is 4.39 Å². The van der Waals surface area contributed by atoms with Gasteiger partial charge in [-0.1, -0.05) is 39.8 Å². The Morgan fingerprint density at radius 2 is 1.54 bits per heavy atom. The third kappa shape index (κ3) is 5.81. The number of halogens is 2. The van der Waals surface area contributed by atoms with Crippen molar-refractivity contribution in [3.05, 3.63) is 34.1 Å². The predicted molar refractivity (Wildman–Crippen MR) is 61.5 cm³/mol. The Balaban J connectivity index is 0. The Hall–Kier alpha value is -0.370. The molecule has 0 aliphatic heterocycles. The molecule has 0 saturated carbocycles. The largest absolute Gasteiger partial charge is 0.205 e. The maximum atomic E-state index is 12.7. The number of rotatable bonds is 0. The lowest BCUT2D eigenvalue weighted by Gasteiger charge is -1.95. The summed E-state index contributed by atoms with van der Waals surface area (Å²) in [6.45, 7) is 9.74. The summed E-state index contributed by atoms with van der Waals surface area (Å²) in [5, 5.41) is 0. The molecule has 0 fully saturated rings. The Kier molecular flexibility index (Phi) is 11.3. The third-order valence-electron chi connectivity index (χ3n) is 1.14. The zero-order chi connectivity index (χ0) is 10.9. The average Bonchev–Trinajstić information content (AvgIpc) is 2.20.